The van der Waals surface area contributed by atoms with Gasteiger partial charge in [0.25, 0.3) is 0 Å². The monoisotopic (exact) mass is 221 g/mol. The lowest BCUT2D eigenvalue weighted by molar-refractivity contribution is 0.550. The lowest BCUT2D eigenvalue weighted by Gasteiger charge is -2.08. The van der Waals surface area contributed by atoms with Gasteiger partial charge in [0.15, 0.2) is 0 Å². The third-order valence-electron chi connectivity index (χ3n) is 2.49. The van der Waals surface area contributed by atoms with Crippen LogP contribution in [0.25, 0.3) is 0 Å². The van der Waals surface area contributed by atoms with Crippen molar-refractivity contribution in [1.82, 2.24) is 15.1 Å². The van der Waals surface area contributed by atoms with Crippen LogP contribution in [0.2, 0.25) is 0 Å². The van der Waals surface area contributed by atoms with Crippen LogP contribution < -0.4 is 5.32 Å². The maximum atomic E-state index is 4.37. The highest BCUT2D eigenvalue weighted by Gasteiger charge is 2.05. The second-order valence-electron chi connectivity index (χ2n) is 4.89. The zero-order valence-electron chi connectivity index (χ0n) is 10.9. The molecule has 0 aliphatic carbocycles. The van der Waals surface area contributed by atoms with Gasteiger partial charge in [-0.05, 0) is 26.3 Å². The largest absolute Gasteiger partial charge is 0.312 e. The fourth-order valence-corrected chi connectivity index (χ4v) is 1.57. The fourth-order valence-electron chi connectivity index (χ4n) is 1.57. The molecule has 0 spiro atoms. The summed E-state index contributed by atoms with van der Waals surface area (Å²) in [6, 6.07) is 0. The van der Waals surface area contributed by atoms with Crippen LogP contribution in [-0.4, -0.2) is 16.3 Å². The van der Waals surface area contributed by atoms with Crippen LogP contribution in [-0.2, 0) is 13.1 Å². The van der Waals surface area contributed by atoms with Crippen LogP contribution in [0.4, 0.5) is 0 Å². The van der Waals surface area contributed by atoms with Crippen molar-refractivity contribution in [3.05, 3.63) is 29.6 Å². The summed E-state index contributed by atoms with van der Waals surface area (Å²) in [6.45, 7) is 15.2. The molecule has 0 bridgehead atoms. The van der Waals surface area contributed by atoms with E-state index in [2.05, 4.69) is 37.8 Å². The molecule has 0 unspecified atom stereocenters. The Morgan fingerprint density at radius 3 is 2.81 bits per heavy atom. The molecule has 0 aromatic carbocycles. The molecule has 0 atom stereocenters. The van der Waals surface area contributed by atoms with Gasteiger partial charge in [-0.3, -0.25) is 4.68 Å². The van der Waals surface area contributed by atoms with Crippen LogP contribution in [0.3, 0.4) is 0 Å². The first kappa shape index (κ1) is 13.0. The first-order valence-electron chi connectivity index (χ1n) is 5.87. The molecule has 0 fully saturated rings. The van der Waals surface area contributed by atoms with Gasteiger partial charge in [-0.25, -0.2) is 0 Å². The summed E-state index contributed by atoms with van der Waals surface area (Å²) in [5.41, 5.74) is 3.65. The van der Waals surface area contributed by atoms with Crippen molar-refractivity contribution in [2.24, 2.45) is 5.92 Å². The summed E-state index contributed by atoms with van der Waals surface area (Å²) in [7, 11) is 0. The molecule has 0 aliphatic heterocycles. The predicted octanol–water partition coefficient (Wildman–Crippen LogP) is 2.51. The summed E-state index contributed by atoms with van der Waals surface area (Å²) in [6.07, 6.45) is 1.95. The van der Waals surface area contributed by atoms with E-state index in [9.17, 15) is 0 Å². The molecule has 1 heterocycles. The van der Waals surface area contributed by atoms with Gasteiger partial charge in [0.2, 0.25) is 0 Å². The van der Waals surface area contributed by atoms with Gasteiger partial charge >= 0.3 is 0 Å². The Bertz CT molecular complexity index is 350. The summed E-state index contributed by atoms with van der Waals surface area (Å²) in [4.78, 5) is 0. The van der Waals surface area contributed by atoms with E-state index in [0.29, 0.717) is 5.92 Å². The Hall–Kier alpha value is -1.09. The second kappa shape index (κ2) is 5.85. The van der Waals surface area contributed by atoms with Crippen LogP contribution in [0.5, 0.6) is 0 Å². The summed E-state index contributed by atoms with van der Waals surface area (Å²) in [5, 5.41) is 7.80. The molecule has 0 saturated heterocycles. The van der Waals surface area contributed by atoms with Crippen LogP contribution >= 0.6 is 0 Å². The number of hydrogen-bond acceptors (Lipinski definition) is 2. The number of nitrogens with one attached hydrogen (secondary N) is 1. The molecule has 1 rings (SSSR count). The molecule has 16 heavy (non-hydrogen) atoms. The summed E-state index contributed by atoms with van der Waals surface area (Å²) in [5.74, 6) is 0.686. The first-order chi connectivity index (χ1) is 7.50. The van der Waals surface area contributed by atoms with Crippen LogP contribution in [0.1, 0.15) is 32.0 Å². The van der Waals surface area contributed by atoms with Gasteiger partial charge in [-0.1, -0.05) is 26.0 Å². The Kier molecular flexibility index (Phi) is 4.74. The molecule has 0 aliphatic rings. The molecule has 3 heteroatoms. The van der Waals surface area contributed by atoms with Gasteiger partial charge in [0.05, 0.1) is 12.7 Å². The zero-order chi connectivity index (χ0) is 12.1. The van der Waals surface area contributed by atoms with Crippen molar-refractivity contribution >= 4 is 0 Å². The van der Waals surface area contributed by atoms with E-state index in [1.165, 1.54) is 11.3 Å². The van der Waals surface area contributed by atoms with Crippen molar-refractivity contribution < 1.29 is 0 Å². The number of hydrogen-bond donors (Lipinski definition) is 1. The van der Waals surface area contributed by atoms with E-state index in [1.807, 2.05) is 17.8 Å². The highest BCUT2D eigenvalue weighted by Crippen LogP contribution is 2.08. The first-order valence-corrected chi connectivity index (χ1v) is 5.87. The topological polar surface area (TPSA) is 29.9 Å². The van der Waals surface area contributed by atoms with E-state index in [4.69, 9.17) is 0 Å². The maximum Gasteiger partial charge on any atom is 0.0617 e. The average molecular weight is 221 g/mol. The molecular weight excluding hydrogens is 198 g/mol. The molecular formula is C13H23N3. The van der Waals surface area contributed by atoms with Crippen molar-refractivity contribution in [2.75, 3.05) is 6.54 Å². The Balaban J connectivity index is 2.54. The Morgan fingerprint density at radius 2 is 2.25 bits per heavy atom. The molecule has 0 amide bonds. The fraction of sp³-hybridized carbons (Fsp3) is 0.615. The van der Waals surface area contributed by atoms with Gasteiger partial charge in [0, 0.05) is 17.8 Å². The molecule has 1 N–H and O–H groups in total. The summed E-state index contributed by atoms with van der Waals surface area (Å²) < 4.78 is 2.01. The minimum atomic E-state index is 0.686. The van der Waals surface area contributed by atoms with E-state index in [0.717, 1.165) is 25.2 Å². The molecule has 1 aromatic rings. The smallest absolute Gasteiger partial charge is 0.0617 e. The quantitative estimate of drug-likeness (QED) is 0.748. The number of rotatable bonds is 6. The molecule has 0 radical (unpaired) electrons. The number of nitrogens with zero attached hydrogens (tertiary/aromatic N) is 2. The molecule has 90 valence electrons. The van der Waals surface area contributed by atoms with Crippen molar-refractivity contribution in [1.29, 1.82) is 0 Å². The lowest BCUT2D eigenvalue weighted by Crippen LogP contribution is -2.19. The van der Waals surface area contributed by atoms with Crippen molar-refractivity contribution in [2.45, 2.75) is 40.8 Å². The van der Waals surface area contributed by atoms with Gasteiger partial charge in [-0.2, -0.15) is 5.10 Å². The standard InChI is InChI=1S/C13H23N3/c1-10(2)6-14-7-13-8-15-16(12(13)5)9-11(3)4/h8,10,14H,3,6-7,9H2,1-2,4-5H3. The summed E-state index contributed by atoms with van der Waals surface area (Å²) >= 11 is 0. The third-order valence-corrected chi connectivity index (χ3v) is 2.49. The Labute approximate surface area is 98.5 Å². The zero-order valence-corrected chi connectivity index (χ0v) is 10.9. The highest BCUT2D eigenvalue weighted by atomic mass is 15.3. The van der Waals surface area contributed by atoms with Crippen LogP contribution in [0.15, 0.2) is 18.3 Å². The minimum Gasteiger partial charge on any atom is -0.312 e. The highest BCUT2D eigenvalue weighted by molar-refractivity contribution is 5.16. The SMILES string of the molecule is C=C(C)Cn1ncc(CNCC(C)C)c1C. The van der Waals surface area contributed by atoms with Gasteiger partial charge in [0.1, 0.15) is 0 Å². The second-order valence-corrected chi connectivity index (χ2v) is 4.89. The van der Waals surface area contributed by atoms with E-state index in [1.54, 1.807) is 0 Å². The Morgan fingerprint density at radius 1 is 1.56 bits per heavy atom. The van der Waals surface area contributed by atoms with Gasteiger partial charge < -0.3 is 5.32 Å². The van der Waals surface area contributed by atoms with Crippen molar-refractivity contribution in [3.8, 4) is 0 Å². The number of allylic oxidation sites excluding steroid dienone is 1. The van der Waals surface area contributed by atoms with Crippen LogP contribution in [0, 0.1) is 12.8 Å². The van der Waals surface area contributed by atoms with E-state index in [-0.39, 0.29) is 0 Å². The maximum absolute atomic E-state index is 4.37. The van der Waals surface area contributed by atoms with Gasteiger partial charge in [-0.15, -0.1) is 0 Å². The molecule has 0 saturated carbocycles. The lowest BCUT2D eigenvalue weighted by atomic mass is 10.2. The molecule has 3 nitrogen and oxygen atoms in total. The number of aromatic nitrogens is 2. The third kappa shape index (κ3) is 3.81. The molecule has 1 aromatic heterocycles. The van der Waals surface area contributed by atoms with Crippen molar-refractivity contribution in [3.63, 3.8) is 0 Å². The predicted molar refractivity (Wildman–Crippen MR) is 68.3 cm³/mol. The normalized spacial score (nSPS) is 11.1. The average Bonchev–Trinajstić information content (AvgIpc) is 2.48. The van der Waals surface area contributed by atoms with E-state index >= 15 is 0 Å². The minimum absolute atomic E-state index is 0.686. The van der Waals surface area contributed by atoms with E-state index < -0.39 is 0 Å².